The number of carbonyl (C=O) groups excluding carboxylic acids is 1. The Labute approximate surface area is 120 Å². The van der Waals surface area contributed by atoms with Crippen molar-refractivity contribution in [1.29, 1.82) is 0 Å². The zero-order valence-corrected chi connectivity index (χ0v) is 12.6. The van der Waals surface area contributed by atoms with Gasteiger partial charge in [0.2, 0.25) is 0 Å². The largest absolute Gasteiger partial charge is 0.488 e. The zero-order valence-electron chi connectivity index (χ0n) is 11.8. The Morgan fingerprint density at radius 1 is 1.26 bits per heavy atom. The first-order valence-corrected chi connectivity index (χ1v) is 5.93. The Hall–Kier alpha value is -1.26. The lowest BCUT2D eigenvalue weighted by molar-refractivity contribution is -0.142. The second kappa shape index (κ2) is 7.36. The van der Waals surface area contributed by atoms with Crippen molar-refractivity contribution in [1.82, 2.24) is 0 Å². The van der Waals surface area contributed by atoms with Crippen molar-refractivity contribution >= 4 is 18.4 Å². The van der Waals surface area contributed by atoms with Gasteiger partial charge in [-0.25, -0.2) is 0 Å². The van der Waals surface area contributed by atoms with Crippen molar-refractivity contribution in [2.24, 2.45) is 5.73 Å². The third kappa shape index (κ3) is 6.45. The first-order valence-electron chi connectivity index (χ1n) is 5.93. The summed E-state index contributed by atoms with van der Waals surface area (Å²) in [6.07, 6.45) is 0.461. The van der Waals surface area contributed by atoms with E-state index in [2.05, 4.69) is 4.74 Å². The molecule has 0 bridgehead atoms. The summed E-state index contributed by atoms with van der Waals surface area (Å²) in [5, 5.41) is 0. The minimum absolute atomic E-state index is 0. The molecule has 0 aliphatic carbocycles. The van der Waals surface area contributed by atoms with E-state index in [4.69, 9.17) is 10.5 Å². The second-order valence-electron chi connectivity index (χ2n) is 5.19. The van der Waals surface area contributed by atoms with Gasteiger partial charge in [-0.05, 0) is 44.9 Å². The van der Waals surface area contributed by atoms with Crippen LogP contribution in [0.3, 0.4) is 0 Å². The molecule has 1 atom stereocenters. The molecule has 0 aliphatic heterocycles. The summed E-state index contributed by atoms with van der Waals surface area (Å²) in [5.41, 5.74) is 6.46. The van der Waals surface area contributed by atoms with Crippen LogP contribution in [0.5, 0.6) is 5.75 Å². The Morgan fingerprint density at radius 3 is 2.21 bits per heavy atom. The van der Waals surface area contributed by atoms with Crippen LogP contribution in [-0.4, -0.2) is 24.7 Å². The quantitative estimate of drug-likeness (QED) is 0.864. The summed E-state index contributed by atoms with van der Waals surface area (Å²) >= 11 is 0. The Kier molecular flexibility index (Phi) is 6.87. The van der Waals surface area contributed by atoms with Gasteiger partial charge in [-0.15, -0.1) is 12.4 Å². The first-order chi connectivity index (χ1) is 8.31. The number of hydrogen-bond donors (Lipinski definition) is 1. The van der Waals surface area contributed by atoms with Crippen LogP contribution >= 0.6 is 12.4 Å². The molecule has 0 aromatic heterocycles. The molecule has 1 rings (SSSR count). The standard InChI is InChI=1S/C14H21NO3.ClH/c1-14(2,3)18-11-7-5-10(6-8-11)9-12(15)13(16)17-4;/h5-8,12H,9,15H2,1-4H3;1H/t12-;/m0./s1. The third-order valence-corrected chi connectivity index (χ3v) is 2.31. The number of benzene rings is 1. The molecule has 0 aliphatic rings. The van der Waals surface area contributed by atoms with Gasteiger partial charge >= 0.3 is 5.97 Å². The van der Waals surface area contributed by atoms with Gasteiger partial charge in [-0.1, -0.05) is 12.1 Å². The Bertz CT molecular complexity index is 398. The van der Waals surface area contributed by atoms with Crippen LogP contribution in [0.15, 0.2) is 24.3 Å². The molecule has 1 aromatic carbocycles. The van der Waals surface area contributed by atoms with Crippen LogP contribution in [0.1, 0.15) is 26.3 Å². The molecular weight excluding hydrogens is 266 g/mol. The molecule has 0 fully saturated rings. The Morgan fingerprint density at radius 2 is 1.79 bits per heavy atom. The highest BCUT2D eigenvalue weighted by atomic mass is 35.5. The molecule has 108 valence electrons. The summed E-state index contributed by atoms with van der Waals surface area (Å²) in [6, 6.07) is 6.95. The number of rotatable bonds is 4. The van der Waals surface area contributed by atoms with Crippen LogP contribution in [0.25, 0.3) is 0 Å². The summed E-state index contributed by atoms with van der Waals surface area (Å²) in [6.45, 7) is 5.98. The highest BCUT2D eigenvalue weighted by Crippen LogP contribution is 2.18. The monoisotopic (exact) mass is 287 g/mol. The maximum Gasteiger partial charge on any atom is 0.322 e. The van der Waals surface area contributed by atoms with E-state index in [1.807, 2.05) is 45.0 Å². The number of hydrogen-bond acceptors (Lipinski definition) is 4. The molecule has 5 heteroatoms. The normalized spacial score (nSPS) is 12.3. The van der Waals surface area contributed by atoms with Crippen molar-refractivity contribution in [2.45, 2.75) is 38.8 Å². The minimum atomic E-state index is -0.621. The van der Waals surface area contributed by atoms with E-state index in [1.54, 1.807) is 0 Å². The fourth-order valence-electron chi connectivity index (χ4n) is 1.54. The molecule has 2 N–H and O–H groups in total. The number of methoxy groups -OCH3 is 1. The summed E-state index contributed by atoms with van der Waals surface area (Å²) < 4.78 is 10.3. The molecule has 0 radical (unpaired) electrons. The van der Waals surface area contributed by atoms with Crippen molar-refractivity contribution in [3.8, 4) is 5.75 Å². The minimum Gasteiger partial charge on any atom is -0.488 e. The molecule has 0 heterocycles. The molecule has 0 saturated heterocycles. The second-order valence-corrected chi connectivity index (χ2v) is 5.19. The van der Waals surface area contributed by atoms with Crippen LogP contribution in [0, 0.1) is 0 Å². The summed E-state index contributed by atoms with van der Waals surface area (Å²) in [5.74, 6) is 0.405. The number of halogens is 1. The van der Waals surface area contributed by atoms with Crippen molar-refractivity contribution in [2.75, 3.05) is 7.11 Å². The molecule has 4 nitrogen and oxygen atoms in total. The molecular formula is C14H22ClNO3. The SMILES string of the molecule is COC(=O)[C@@H](N)Cc1ccc(OC(C)(C)C)cc1.Cl. The number of carbonyl (C=O) groups is 1. The average Bonchev–Trinajstić information content (AvgIpc) is 2.28. The molecule has 0 saturated carbocycles. The predicted molar refractivity (Wildman–Crippen MR) is 77.8 cm³/mol. The van der Waals surface area contributed by atoms with E-state index in [0.29, 0.717) is 6.42 Å². The van der Waals surface area contributed by atoms with E-state index in [1.165, 1.54) is 7.11 Å². The summed E-state index contributed by atoms with van der Waals surface area (Å²) in [7, 11) is 1.34. The van der Waals surface area contributed by atoms with Crippen molar-refractivity contribution < 1.29 is 14.3 Å². The maximum absolute atomic E-state index is 11.2. The van der Waals surface area contributed by atoms with Gasteiger partial charge in [0, 0.05) is 0 Å². The van der Waals surface area contributed by atoms with Gasteiger partial charge in [0.15, 0.2) is 0 Å². The lowest BCUT2D eigenvalue weighted by Crippen LogP contribution is -2.33. The molecule has 0 unspecified atom stereocenters. The van der Waals surface area contributed by atoms with E-state index < -0.39 is 12.0 Å². The lowest BCUT2D eigenvalue weighted by atomic mass is 10.1. The molecule has 19 heavy (non-hydrogen) atoms. The highest BCUT2D eigenvalue weighted by Gasteiger charge is 2.15. The molecule has 0 spiro atoms. The van der Waals surface area contributed by atoms with E-state index in [0.717, 1.165) is 11.3 Å². The van der Waals surface area contributed by atoms with Gasteiger partial charge in [0.1, 0.15) is 17.4 Å². The Balaban J connectivity index is 0.00000324. The number of nitrogens with two attached hydrogens (primary N) is 1. The molecule has 0 amide bonds. The molecule has 1 aromatic rings. The van der Waals surface area contributed by atoms with E-state index >= 15 is 0 Å². The first kappa shape index (κ1) is 17.7. The van der Waals surface area contributed by atoms with Gasteiger partial charge in [-0.2, -0.15) is 0 Å². The predicted octanol–water partition coefficient (Wildman–Crippen LogP) is 2.33. The van der Waals surface area contributed by atoms with Gasteiger partial charge < -0.3 is 15.2 Å². The third-order valence-electron chi connectivity index (χ3n) is 2.31. The fourth-order valence-corrected chi connectivity index (χ4v) is 1.54. The van der Waals surface area contributed by atoms with Crippen LogP contribution in [0.2, 0.25) is 0 Å². The smallest absolute Gasteiger partial charge is 0.322 e. The van der Waals surface area contributed by atoms with Crippen molar-refractivity contribution in [3.63, 3.8) is 0 Å². The highest BCUT2D eigenvalue weighted by molar-refractivity contribution is 5.85. The van der Waals surface area contributed by atoms with Crippen LogP contribution in [0.4, 0.5) is 0 Å². The van der Waals surface area contributed by atoms with Crippen LogP contribution in [-0.2, 0) is 16.0 Å². The summed E-state index contributed by atoms with van der Waals surface area (Å²) in [4.78, 5) is 11.2. The maximum atomic E-state index is 11.2. The fraction of sp³-hybridized carbons (Fsp3) is 0.500. The number of ether oxygens (including phenoxy) is 2. The van der Waals surface area contributed by atoms with Gasteiger partial charge in [0.05, 0.1) is 7.11 Å². The van der Waals surface area contributed by atoms with E-state index in [9.17, 15) is 4.79 Å². The van der Waals surface area contributed by atoms with Gasteiger partial charge in [0.25, 0.3) is 0 Å². The van der Waals surface area contributed by atoms with E-state index in [-0.39, 0.29) is 18.0 Å². The van der Waals surface area contributed by atoms with Gasteiger partial charge in [-0.3, -0.25) is 4.79 Å². The average molecular weight is 288 g/mol. The zero-order chi connectivity index (χ0) is 13.8. The van der Waals surface area contributed by atoms with Crippen LogP contribution < -0.4 is 10.5 Å². The van der Waals surface area contributed by atoms with Crippen molar-refractivity contribution in [3.05, 3.63) is 29.8 Å². The topological polar surface area (TPSA) is 61.5 Å². The number of esters is 1. The lowest BCUT2D eigenvalue weighted by Gasteiger charge is -2.21.